The van der Waals surface area contributed by atoms with Crippen LogP contribution in [0.3, 0.4) is 0 Å². The number of ether oxygens (including phenoxy) is 2. The van der Waals surface area contributed by atoms with E-state index in [1.807, 2.05) is 36.0 Å². The van der Waals surface area contributed by atoms with E-state index in [0.29, 0.717) is 13.0 Å². The van der Waals surface area contributed by atoms with Crippen LogP contribution in [-0.2, 0) is 16.1 Å². The number of rotatable bonds is 18. The maximum atomic E-state index is 11.9. The lowest BCUT2D eigenvalue weighted by Gasteiger charge is -2.14. The lowest BCUT2D eigenvalue weighted by molar-refractivity contribution is -0.145. The van der Waals surface area contributed by atoms with Crippen LogP contribution >= 0.6 is 11.8 Å². The summed E-state index contributed by atoms with van der Waals surface area (Å²) >= 11 is 2.04. The van der Waals surface area contributed by atoms with Gasteiger partial charge in [-0.1, -0.05) is 51.7 Å². The summed E-state index contributed by atoms with van der Waals surface area (Å²) < 4.78 is 10.4. The van der Waals surface area contributed by atoms with Gasteiger partial charge in [-0.3, -0.25) is 4.79 Å². The molecule has 0 aliphatic heterocycles. The van der Waals surface area contributed by atoms with Gasteiger partial charge in [0.2, 0.25) is 0 Å². The van der Waals surface area contributed by atoms with Gasteiger partial charge in [0.1, 0.15) is 12.4 Å². The van der Waals surface area contributed by atoms with E-state index < -0.39 is 0 Å². The van der Waals surface area contributed by atoms with Gasteiger partial charge in [-0.05, 0) is 67.2 Å². The molecule has 0 amide bonds. The number of esters is 1. The molecule has 0 spiro atoms. The molecule has 0 aromatic heterocycles. The van der Waals surface area contributed by atoms with E-state index in [4.69, 9.17) is 9.47 Å². The van der Waals surface area contributed by atoms with Gasteiger partial charge < -0.3 is 14.6 Å². The van der Waals surface area contributed by atoms with Gasteiger partial charge in [-0.25, -0.2) is 0 Å². The fourth-order valence-electron chi connectivity index (χ4n) is 3.32. The Morgan fingerprint density at radius 3 is 2.43 bits per heavy atom. The van der Waals surface area contributed by atoms with Crippen LogP contribution in [0.5, 0.6) is 5.75 Å². The minimum absolute atomic E-state index is 0.176. The third-order valence-corrected chi connectivity index (χ3v) is 6.73. The van der Waals surface area contributed by atoms with Crippen molar-refractivity contribution in [1.29, 1.82) is 0 Å². The Bertz CT molecular complexity index is 547. The number of hydrogen-bond donors (Lipinski definition) is 1. The number of carbonyl (C=O) groups is 1. The minimum Gasteiger partial charge on any atom is -0.497 e. The summed E-state index contributed by atoms with van der Waals surface area (Å²) in [5, 5.41) is 10.1. The predicted octanol–water partition coefficient (Wildman–Crippen LogP) is 6.39. The quantitative estimate of drug-likeness (QED) is 0.213. The number of aliphatic hydroxyl groups excluding tert-OH is 1. The summed E-state index contributed by atoms with van der Waals surface area (Å²) in [4.78, 5) is 11.9. The third-order valence-electron chi connectivity index (χ3n) is 5.45. The van der Waals surface area contributed by atoms with Crippen molar-refractivity contribution in [2.24, 2.45) is 5.92 Å². The summed E-state index contributed by atoms with van der Waals surface area (Å²) in [5.41, 5.74) is 0.952. The number of benzene rings is 1. The van der Waals surface area contributed by atoms with Crippen molar-refractivity contribution in [1.82, 2.24) is 0 Å². The summed E-state index contributed by atoms with van der Waals surface area (Å²) in [5.74, 6) is 3.86. The van der Waals surface area contributed by atoms with Gasteiger partial charge in [-0.15, -0.1) is 0 Å². The van der Waals surface area contributed by atoms with Gasteiger partial charge in [0.05, 0.1) is 13.2 Å². The molecule has 0 fully saturated rings. The minimum atomic E-state index is -0.247. The second-order valence-electron chi connectivity index (χ2n) is 8.04. The van der Waals surface area contributed by atoms with Crippen LogP contribution in [0, 0.1) is 5.92 Å². The molecule has 30 heavy (non-hydrogen) atoms. The van der Waals surface area contributed by atoms with Crippen molar-refractivity contribution in [3.63, 3.8) is 0 Å². The van der Waals surface area contributed by atoms with Crippen LogP contribution < -0.4 is 4.74 Å². The number of carbonyl (C=O) groups excluding carboxylic acids is 1. The van der Waals surface area contributed by atoms with Gasteiger partial charge in [0.25, 0.3) is 0 Å². The molecule has 1 aromatic rings. The molecule has 172 valence electrons. The molecule has 2 atom stereocenters. The molecule has 1 rings (SSSR count). The average Bonchev–Trinajstić information content (AvgIpc) is 2.77. The Labute approximate surface area is 188 Å². The normalized spacial score (nSPS) is 13.1. The Kier molecular flexibility index (Phi) is 15.6. The molecule has 0 saturated heterocycles. The summed E-state index contributed by atoms with van der Waals surface area (Å²) in [7, 11) is 1.63. The number of aliphatic hydroxyl groups is 1. The second kappa shape index (κ2) is 17.5. The van der Waals surface area contributed by atoms with E-state index in [0.717, 1.165) is 55.1 Å². The maximum absolute atomic E-state index is 11.9. The topological polar surface area (TPSA) is 55.8 Å². The Morgan fingerprint density at radius 1 is 1.03 bits per heavy atom. The molecule has 0 radical (unpaired) electrons. The van der Waals surface area contributed by atoms with Crippen LogP contribution in [0.1, 0.15) is 83.6 Å². The standard InChI is InChI=1S/C25H42O4S/c1-4-6-10-21(5-2)20-30-18-9-12-23(26)11-7-8-13-25(27)29-19-22-14-16-24(28-3)17-15-22/h14-17,21,23,26H,4-13,18-20H2,1-3H3. The second-order valence-corrected chi connectivity index (χ2v) is 9.19. The van der Waals surface area contributed by atoms with Crippen LogP contribution in [0.25, 0.3) is 0 Å². The van der Waals surface area contributed by atoms with E-state index in [1.54, 1.807) is 7.11 Å². The molecule has 0 bridgehead atoms. The molecule has 0 aliphatic carbocycles. The predicted molar refractivity (Wildman–Crippen MR) is 127 cm³/mol. The Balaban J connectivity index is 2.00. The zero-order valence-corrected chi connectivity index (χ0v) is 20.1. The largest absolute Gasteiger partial charge is 0.497 e. The monoisotopic (exact) mass is 438 g/mol. The van der Waals surface area contributed by atoms with Crippen molar-refractivity contribution in [3.05, 3.63) is 29.8 Å². The Morgan fingerprint density at radius 2 is 1.77 bits per heavy atom. The smallest absolute Gasteiger partial charge is 0.306 e. The third kappa shape index (κ3) is 13.2. The first-order valence-electron chi connectivity index (χ1n) is 11.6. The molecule has 1 aromatic carbocycles. The molecular weight excluding hydrogens is 396 g/mol. The van der Waals surface area contributed by atoms with Crippen molar-refractivity contribution in [2.45, 2.75) is 90.8 Å². The molecule has 2 unspecified atom stereocenters. The Hall–Kier alpha value is -1.20. The lowest BCUT2D eigenvalue weighted by atomic mass is 10.0. The highest BCUT2D eigenvalue weighted by Crippen LogP contribution is 2.20. The van der Waals surface area contributed by atoms with Gasteiger partial charge in [0, 0.05) is 6.42 Å². The number of thioether (sulfide) groups is 1. The van der Waals surface area contributed by atoms with E-state index in [1.165, 1.54) is 31.4 Å². The highest BCUT2D eigenvalue weighted by molar-refractivity contribution is 7.99. The average molecular weight is 439 g/mol. The highest BCUT2D eigenvalue weighted by Gasteiger charge is 2.09. The zero-order valence-electron chi connectivity index (χ0n) is 19.2. The first-order valence-corrected chi connectivity index (χ1v) is 12.8. The van der Waals surface area contributed by atoms with Crippen molar-refractivity contribution in [2.75, 3.05) is 18.6 Å². The lowest BCUT2D eigenvalue weighted by Crippen LogP contribution is -2.09. The zero-order chi connectivity index (χ0) is 22.0. The number of hydrogen-bond acceptors (Lipinski definition) is 5. The fourth-order valence-corrected chi connectivity index (χ4v) is 4.59. The van der Waals surface area contributed by atoms with Gasteiger partial charge in [-0.2, -0.15) is 11.8 Å². The summed E-state index contributed by atoms with van der Waals surface area (Å²) in [6, 6.07) is 7.51. The van der Waals surface area contributed by atoms with Gasteiger partial charge in [0.15, 0.2) is 0 Å². The van der Waals surface area contributed by atoms with Crippen molar-refractivity contribution in [3.8, 4) is 5.75 Å². The SMILES string of the molecule is CCCCC(CC)CSCCCC(O)CCCCC(=O)OCc1ccc(OC)cc1. The first kappa shape index (κ1) is 26.8. The van der Waals surface area contributed by atoms with E-state index in [9.17, 15) is 9.90 Å². The van der Waals surface area contributed by atoms with Crippen LogP contribution in [-0.4, -0.2) is 35.8 Å². The van der Waals surface area contributed by atoms with E-state index in [-0.39, 0.29) is 12.1 Å². The summed E-state index contributed by atoms with van der Waals surface area (Å²) in [6.45, 7) is 4.84. The van der Waals surface area contributed by atoms with Gasteiger partial charge >= 0.3 is 5.97 Å². The fraction of sp³-hybridized carbons (Fsp3) is 0.720. The maximum Gasteiger partial charge on any atom is 0.306 e. The molecule has 0 saturated carbocycles. The molecule has 4 nitrogen and oxygen atoms in total. The first-order chi connectivity index (χ1) is 14.6. The van der Waals surface area contributed by atoms with Crippen LogP contribution in [0.4, 0.5) is 0 Å². The molecule has 0 aliphatic rings. The molecular formula is C25H42O4S. The summed E-state index contributed by atoms with van der Waals surface area (Å²) in [6.07, 6.45) is 9.75. The number of methoxy groups -OCH3 is 1. The molecule has 1 N–H and O–H groups in total. The van der Waals surface area contributed by atoms with E-state index in [2.05, 4.69) is 13.8 Å². The molecule has 5 heteroatoms. The van der Waals surface area contributed by atoms with Crippen molar-refractivity contribution >= 4 is 17.7 Å². The van der Waals surface area contributed by atoms with E-state index >= 15 is 0 Å². The molecule has 0 heterocycles. The van der Waals surface area contributed by atoms with Crippen LogP contribution in [0.15, 0.2) is 24.3 Å². The van der Waals surface area contributed by atoms with Crippen molar-refractivity contribution < 1.29 is 19.4 Å². The van der Waals surface area contributed by atoms with Crippen LogP contribution in [0.2, 0.25) is 0 Å². The highest BCUT2D eigenvalue weighted by atomic mass is 32.2. The number of unbranched alkanes of at least 4 members (excludes halogenated alkanes) is 2.